The summed E-state index contributed by atoms with van der Waals surface area (Å²) in [5, 5.41) is 5.30. The van der Waals surface area contributed by atoms with Crippen molar-refractivity contribution in [2.75, 3.05) is 18.6 Å². The first-order valence-corrected chi connectivity index (χ1v) is 9.13. The van der Waals surface area contributed by atoms with Gasteiger partial charge in [-0.2, -0.15) is 0 Å². The van der Waals surface area contributed by atoms with Crippen molar-refractivity contribution < 1.29 is 19.1 Å². The fraction of sp³-hybridized carbons (Fsp3) is 0.333. The highest BCUT2D eigenvalue weighted by Crippen LogP contribution is 2.25. The van der Waals surface area contributed by atoms with Crippen LogP contribution in [0.25, 0.3) is 0 Å². The van der Waals surface area contributed by atoms with Crippen molar-refractivity contribution in [3.05, 3.63) is 46.5 Å². The number of anilines is 1. The lowest BCUT2D eigenvalue weighted by Gasteiger charge is -2.10. The first-order chi connectivity index (χ1) is 12.6. The molecule has 2 aromatic rings. The van der Waals surface area contributed by atoms with Gasteiger partial charge in [0.15, 0.2) is 5.13 Å². The van der Waals surface area contributed by atoms with Gasteiger partial charge in [0.25, 0.3) is 0 Å². The fourth-order valence-corrected chi connectivity index (χ4v) is 3.52. The van der Waals surface area contributed by atoms with Crippen molar-refractivity contribution in [3.8, 4) is 0 Å². The summed E-state index contributed by atoms with van der Waals surface area (Å²) in [6, 6.07) is 6.86. The second kappa shape index (κ2) is 8.09. The number of aromatic nitrogens is 1. The lowest BCUT2D eigenvalue weighted by molar-refractivity contribution is -0.120. The molecule has 0 spiro atoms. The quantitative estimate of drug-likeness (QED) is 0.782. The minimum Gasteiger partial charge on any atom is -0.465 e. The number of ether oxygens (including phenoxy) is 1. The van der Waals surface area contributed by atoms with Gasteiger partial charge in [0.1, 0.15) is 0 Å². The highest BCUT2D eigenvalue weighted by molar-refractivity contribution is 7.14. The van der Waals surface area contributed by atoms with Crippen LogP contribution in [-0.4, -0.2) is 36.4 Å². The highest BCUT2D eigenvalue weighted by Gasteiger charge is 2.24. The van der Waals surface area contributed by atoms with Gasteiger partial charge < -0.3 is 10.1 Å². The Morgan fingerprint density at radius 2 is 2.08 bits per heavy atom. The minimum absolute atomic E-state index is 0.0887. The molecule has 8 heteroatoms. The molecule has 1 aromatic carbocycles. The number of hydrogen-bond donors (Lipinski definition) is 1. The Labute approximate surface area is 155 Å². The molecule has 0 bridgehead atoms. The number of rotatable bonds is 6. The Hall–Kier alpha value is -2.74. The Bertz CT molecular complexity index is 816. The molecular weight excluding hydrogens is 354 g/mol. The maximum atomic E-state index is 12.1. The van der Waals surface area contributed by atoms with Crippen LogP contribution in [0.1, 0.15) is 34.5 Å². The van der Waals surface area contributed by atoms with Crippen LogP contribution in [0.4, 0.5) is 5.13 Å². The lowest BCUT2D eigenvalue weighted by atomic mass is 10.1. The van der Waals surface area contributed by atoms with Gasteiger partial charge in [0, 0.05) is 24.9 Å². The molecule has 26 heavy (non-hydrogen) atoms. The number of hydrogen-bond acceptors (Lipinski definition) is 6. The van der Waals surface area contributed by atoms with E-state index >= 15 is 0 Å². The lowest BCUT2D eigenvalue weighted by Crippen LogP contribution is -2.25. The molecule has 0 unspecified atom stereocenters. The summed E-state index contributed by atoms with van der Waals surface area (Å²) in [5.74, 6) is -0.450. The van der Waals surface area contributed by atoms with Gasteiger partial charge in [0.2, 0.25) is 11.8 Å². The zero-order valence-corrected chi connectivity index (χ0v) is 15.2. The largest absolute Gasteiger partial charge is 0.465 e. The molecule has 0 aliphatic carbocycles. The van der Waals surface area contributed by atoms with Gasteiger partial charge in [-0.05, 0) is 24.1 Å². The maximum absolute atomic E-state index is 12.1. The molecule has 0 saturated carbocycles. The van der Waals surface area contributed by atoms with Crippen molar-refractivity contribution >= 4 is 34.3 Å². The average Bonchev–Trinajstić information content (AvgIpc) is 3.28. The molecule has 1 fully saturated rings. The van der Waals surface area contributed by atoms with E-state index in [1.165, 1.54) is 18.4 Å². The second-order valence-corrected chi connectivity index (χ2v) is 6.75. The van der Waals surface area contributed by atoms with Gasteiger partial charge in [-0.1, -0.05) is 12.1 Å². The van der Waals surface area contributed by atoms with E-state index in [4.69, 9.17) is 0 Å². The third kappa shape index (κ3) is 4.26. The minimum atomic E-state index is -0.392. The first kappa shape index (κ1) is 18.1. The number of esters is 1. The molecule has 2 amide bonds. The number of carbonyl (C=O) groups excluding carboxylic acids is 3. The van der Waals surface area contributed by atoms with Gasteiger partial charge in [-0.15, -0.1) is 11.3 Å². The van der Waals surface area contributed by atoms with Crippen LogP contribution in [0.5, 0.6) is 0 Å². The molecule has 3 rings (SSSR count). The Kier molecular flexibility index (Phi) is 5.62. The third-order valence-corrected chi connectivity index (χ3v) is 4.96. The predicted octanol–water partition coefficient (Wildman–Crippen LogP) is 1.92. The summed E-state index contributed by atoms with van der Waals surface area (Å²) in [4.78, 5) is 41.3. The van der Waals surface area contributed by atoms with Crippen LogP contribution in [-0.2, 0) is 27.3 Å². The number of carbonyl (C=O) groups is 3. The number of benzene rings is 1. The van der Waals surface area contributed by atoms with E-state index in [-0.39, 0.29) is 18.2 Å². The van der Waals surface area contributed by atoms with Gasteiger partial charge in [-0.3, -0.25) is 14.5 Å². The third-order valence-electron chi connectivity index (χ3n) is 4.05. The molecular formula is C18H19N3O4S. The SMILES string of the molecule is COC(=O)c1ccc(CNC(=O)Cc2csc(N3CCCC3=O)n2)cc1. The molecule has 136 valence electrons. The van der Waals surface area contributed by atoms with Crippen molar-refractivity contribution in [2.24, 2.45) is 0 Å². The second-order valence-electron chi connectivity index (χ2n) is 5.91. The number of thiazole rings is 1. The van der Waals surface area contributed by atoms with Gasteiger partial charge >= 0.3 is 5.97 Å². The highest BCUT2D eigenvalue weighted by atomic mass is 32.1. The average molecular weight is 373 g/mol. The summed E-state index contributed by atoms with van der Waals surface area (Å²) in [7, 11) is 1.33. The smallest absolute Gasteiger partial charge is 0.337 e. The molecule has 7 nitrogen and oxygen atoms in total. The summed E-state index contributed by atoms with van der Waals surface area (Å²) in [6.07, 6.45) is 1.58. The molecule has 1 saturated heterocycles. The Morgan fingerprint density at radius 3 is 2.73 bits per heavy atom. The maximum Gasteiger partial charge on any atom is 0.337 e. The van der Waals surface area contributed by atoms with E-state index in [9.17, 15) is 14.4 Å². The van der Waals surface area contributed by atoms with Crippen molar-refractivity contribution in [1.29, 1.82) is 0 Å². The van der Waals surface area contributed by atoms with Crippen LogP contribution in [0, 0.1) is 0 Å². The molecule has 1 aromatic heterocycles. The molecule has 1 aliphatic heterocycles. The normalized spacial score (nSPS) is 13.7. The van der Waals surface area contributed by atoms with E-state index in [1.807, 2.05) is 5.38 Å². The van der Waals surface area contributed by atoms with Crippen LogP contribution in [0.3, 0.4) is 0 Å². The topological polar surface area (TPSA) is 88.6 Å². The summed E-state index contributed by atoms with van der Waals surface area (Å²) in [6.45, 7) is 1.06. The number of nitrogens with zero attached hydrogens (tertiary/aromatic N) is 2. The number of nitrogens with one attached hydrogen (secondary N) is 1. The Morgan fingerprint density at radius 1 is 1.31 bits per heavy atom. The molecule has 0 radical (unpaired) electrons. The van der Waals surface area contributed by atoms with E-state index < -0.39 is 5.97 Å². The number of methoxy groups -OCH3 is 1. The zero-order valence-electron chi connectivity index (χ0n) is 14.4. The first-order valence-electron chi connectivity index (χ1n) is 8.25. The molecule has 0 atom stereocenters. The zero-order chi connectivity index (χ0) is 18.5. The summed E-state index contributed by atoms with van der Waals surface area (Å²) < 4.78 is 4.65. The monoisotopic (exact) mass is 373 g/mol. The van der Waals surface area contributed by atoms with Crippen molar-refractivity contribution in [1.82, 2.24) is 10.3 Å². The van der Waals surface area contributed by atoms with Crippen LogP contribution >= 0.6 is 11.3 Å². The molecule has 1 N–H and O–H groups in total. The number of amides is 2. The van der Waals surface area contributed by atoms with Crippen LogP contribution in [0.2, 0.25) is 0 Å². The summed E-state index contributed by atoms with van der Waals surface area (Å²) in [5.41, 5.74) is 2.00. The van der Waals surface area contributed by atoms with Crippen molar-refractivity contribution in [3.63, 3.8) is 0 Å². The summed E-state index contributed by atoms with van der Waals surface area (Å²) >= 11 is 1.38. The fourth-order valence-electron chi connectivity index (χ4n) is 2.66. The van der Waals surface area contributed by atoms with Crippen LogP contribution in [0.15, 0.2) is 29.6 Å². The van der Waals surface area contributed by atoms with Gasteiger partial charge in [0.05, 0.1) is 24.8 Å². The van der Waals surface area contributed by atoms with E-state index in [1.54, 1.807) is 29.2 Å². The standard InChI is InChI=1S/C18H19N3O4S/c1-25-17(24)13-6-4-12(5-7-13)10-19-15(22)9-14-11-26-18(20-14)21-8-2-3-16(21)23/h4-7,11H,2-3,8-10H2,1H3,(H,19,22). The van der Waals surface area contributed by atoms with E-state index in [0.717, 1.165) is 12.0 Å². The molecule has 1 aliphatic rings. The van der Waals surface area contributed by atoms with Crippen molar-refractivity contribution in [2.45, 2.75) is 25.8 Å². The van der Waals surface area contributed by atoms with Gasteiger partial charge in [-0.25, -0.2) is 9.78 Å². The molecule has 2 heterocycles. The predicted molar refractivity (Wildman–Crippen MR) is 97.0 cm³/mol. The Balaban J connectivity index is 1.50. The van der Waals surface area contributed by atoms with E-state index in [0.29, 0.717) is 35.9 Å². The van der Waals surface area contributed by atoms with Crippen LogP contribution < -0.4 is 10.2 Å². The van der Waals surface area contributed by atoms with E-state index in [2.05, 4.69) is 15.0 Å².